The van der Waals surface area contributed by atoms with Gasteiger partial charge < -0.3 is 9.57 Å². The number of methoxy groups -OCH3 is 1. The lowest BCUT2D eigenvalue weighted by Crippen LogP contribution is -1.90. The normalized spacial score (nSPS) is 10.7. The van der Waals surface area contributed by atoms with Crippen molar-refractivity contribution in [1.29, 1.82) is 0 Å². The number of ether oxygens (including phenoxy) is 1. The smallest absolute Gasteiger partial charge is 0.142 e. The molecule has 0 aliphatic carbocycles. The van der Waals surface area contributed by atoms with Gasteiger partial charge in [-0.05, 0) is 35.7 Å². The van der Waals surface area contributed by atoms with Crippen LogP contribution in [0.25, 0.3) is 0 Å². The summed E-state index contributed by atoms with van der Waals surface area (Å²) >= 11 is 0. The number of nitrogens with zero attached hydrogens (tertiary/aromatic N) is 1. The molecule has 0 aliphatic heterocycles. The summed E-state index contributed by atoms with van der Waals surface area (Å²) in [6, 6.07) is 15.8. The molecule has 0 fully saturated rings. The average Bonchev–Trinajstić information content (AvgIpc) is 2.52. The van der Waals surface area contributed by atoms with Crippen molar-refractivity contribution in [2.75, 3.05) is 7.11 Å². The van der Waals surface area contributed by atoms with Crippen molar-refractivity contribution in [3.63, 3.8) is 0 Å². The standard InChI is InChI=1S/C17H18NO2/c1-3-14-5-4-6-16(11-14)12-18-20-13-15-7-9-17(19-2)10-8-15/h4-11H,3,13H2,1-2H3. The van der Waals surface area contributed by atoms with Crippen LogP contribution in [-0.2, 0) is 17.9 Å². The molecule has 3 heteroatoms. The third-order valence-electron chi connectivity index (χ3n) is 2.96. The van der Waals surface area contributed by atoms with E-state index in [1.54, 1.807) is 7.11 Å². The van der Waals surface area contributed by atoms with Gasteiger partial charge in [-0.15, -0.1) is 0 Å². The fourth-order valence-electron chi connectivity index (χ4n) is 1.77. The number of hydrogen-bond donors (Lipinski definition) is 0. The van der Waals surface area contributed by atoms with Crippen molar-refractivity contribution >= 4 is 6.21 Å². The lowest BCUT2D eigenvalue weighted by molar-refractivity contribution is 0.132. The molecule has 0 bridgehead atoms. The quantitative estimate of drug-likeness (QED) is 0.591. The number of benzene rings is 2. The SMILES string of the molecule is CCc1cccc(/[C]=N\OCc2ccc(OC)cc2)c1. The van der Waals surface area contributed by atoms with Crippen LogP contribution in [0.15, 0.2) is 53.7 Å². The van der Waals surface area contributed by atoms with Gasteiger partial charge in [0.25, 0.3) is 0 Å². The molecule has 0 saturated carbocycles. The molecule has 1 radical (unpaired) electrons. The minimum atomic E-state index is 0.421. The number of aryl methyl sites for hydroxylation is 1. The first-order valence-electron chi connectivity index (χ1n) is 6.61. The molecule has 0 spiro atoms. The van der Waals surface area contributed by atoms with Crippen LogP contribution in [0.1, 0.15) is 23.6 Å². The summed E-state index contributed by atoms with van der Waals surface area (Å²) in [6.45, 7) is 2.54. The van der Waals surface area contributed by atoms with Crippen LogP contribution in [0.4, 0.5) is 0 Å². The van der Waals surface area contributed by atoms with E-state index in [1.165, 1.54) is 5.56 Å². The van der Waals surface area contributed by atoms with E-state index in [-0.39, 0.29) is 0 Å². The Morgan fingerprint density at radius 1 is 1.05 bits per heavy atom. The van der Waals surface area contributed by atoms with Crippen LogP contribution in [0.5, 0.6) is 5.75 Å². The maximum absolute atomic E-state index is 5.24. The van der Waals surface area contributed by atoms with Gasteiger partial charge in [0.1, 0.15) is 18.6 Å². The van der Waals surface area contributed by atoms with Crippen LogP contribution in [0, 0.1) is 0 Å². The van der Waals surface area contributed by atoms with Gasteiger partial charge in [0.15, 0.2) is 0 Å². The number of rotatable bonds is 6. The molecule has 2 aromatic rings. The van der Waals surface area contributed by atoms with Crippen molar-refractivity contribution in [2.45, 2.75) is 20.0 Å². The van der Waals surface area contributed by atoms with Gasteiger partial charge in [-0.25, -0.2) is 0 Å². The topological polar surface area (TPSA) is 30.8 Å². The average molecular weight is 268 g/mol. The molecule has 0 heterocycles. The molecular weight excluding hydrogens is 250 g/mol. The monoisotopic (exact) mass is 268 g/mol. The highest BCUT2D eigenvalue weighted by Gasteiger charge is 1.95. The Balaban J connectivity index is 1.86. The minimum absolute atomic E-state index is 0.421. The van der Waals surface area contributed by atoms with Gasteiger partial charge in [0.2, 0.25) is 0 Å². The lowest BCUT2D eigenvalue weighted by Gasteiger charge is -2.02. The van der Waals surface area contributed by atoms with E-state index in [1.807, 2.05) is 36.4 Å². The molecular formula is C17H18NO2. The molecule has 2 rings (SSSR count). The van der Waals surface area contributed by atoms with E-state index in [2.05, 4.69) is 30.4 Å². The van der Waals surface area contributed by atoms with Crippen molar-refractivity contribution < 1.29 is 9.57 Å². The maximum Gasteiger partial charge on any atom is 0.142 e. The second kappa shape index (κ2) is 7.34. The predicted molar refractivity (Wildman–Crippen MR) is 80.1 cm³/mol. The summed E-state index contributed by atoms with van der Waals surface area (Å²) < 4.78 is 5.10. The lowest BCUT2D eigenvalue weighted by atomic mass is 10.1. The van der Waals surface area contributed by atoms with Gasteiger partial charge in [0.05, 0.1) is 7.11 Å². The Bertz CT molecular complexity index is 561. The molecule has 0 N–H and O–H groups in total. The van der Waals surface area contributed by atoms with E-state index < -0.39 is 0 Å². The van der Waals surface area contributed by atoms with E-state index in [9.17, 15) is 0 Å². The molecule has 3 nitrogen and oxygen atoms in total. The fourth-order valence-corrected chi connectivity index (χ4v) is 1.77. The first-order valence-corrected chi connectivity index (χ1v) is 6.61. The molecule has 0 atom stereocenters. The molecule has 2 aromatic carbocycles. The van der Waals surface area contributed by atoms with E-state index in [4.69, 9.17) is 9.57 Å². The number of hydrogen-bond acceptors (Lipinski definition) is 3. The predicted octanol–water partition coefficient (Wildman–Crippen LogP) is 3.69. The second-order valence-electron chi connectivity index (χ2n) is 4.38. The second-order valence-corrected chi connectivity index (χ2v) is 4.38. The van der Waals surface area contributed by atoms with Crippen molar-refractivity contribution in [1.82, 2.24) is 0 Å². The zero-order chi connectivity index (χ0) is 14.2. The van der Waals surface area contributed by atoms with E-state index >= 15 is 0 Å². The molecule has 0 aliphatic rings. The van der Waals surface area contributed by atoms with Crippen molar-refractivity contribution in [3.05, 3.63) is 65.2 Å². The zero-order valence-corrected chi connectivity index (χ0v) is 11.8. The van der Waals surface area contributed by atoms with Gasteiger partial charge in [-0.1, -0.05) is 42.4 Å². The Morgan fingerprint density at radius 2 is 1.85 bits per heavy atom. The highest BCUT2D eigenvalue weighted by atomic mass is 16.6. The summed E-state index contributed by atoms with van der Waals surface area (Å²) in [4.78, 5) is 5.24. The highest BCUT2D eigenvalue weighted by molar-refractivity contribution is 5.79. The van der Waals surface area contributed by atoms with Crippen LogP contribution in [0.2, 0.25) is 0 Å². The maximum atomic E-state index is 5.24. The van der Waals surface area contributed by atoms with Gasteiger partial charge in [0, 0.05) is 5.56 Å². The van der Waals surface area contributed by atoms with Crippen molar-refractivity contribution in [2.24, 2.45) is 5.16 Å². The third-order valence-corrected chi connectivity index (χ3v) is 2.96. The summed E-state index contributed by atoms with van der Waals surface area (Å²) in [5, 5.41) is 3.87. The zero-order valence-electron chi connectivity index (χ0n) is 11.8. The first-order chi connectivity index (χ1) is 9.81. The molecule has 0 amide bonds. The Labute approximate surface area is 119 Å². The van der Waals surface area contributed by atoms with E-state index in [0.29, 0.717) is 6.61 Å². The van der Waals surface area contributed by atoms with Gasteiger partial charge >= 0.3 is 0 Å². The van der Waals surface area contributed by atoms with Crippen LogP contribution < -0.4 is 4.74 Å². The Morgan fingerprint density at radius 3 is 2.55 bits per heavy atom. The largest absolute Gasteiger partial charge is 0.497 e. The van der Waals surface area contributed by atoms with Crippen LogP contribution in [-0.4, -0.2) is 13.3 Å². The summed E-state index contributed by atoms with van der Waals surface area (Å²) in [6.07, 6.45) is 3.89. The highest BCUT2D eigenvalue weighted by Crippen LogP contribution is 2.12. The molecule has 103 valence electrons. The van der Waals surface area contributed by atoms with E-state index in [0.717, 1.165) is 23.3 Å². The van der Waals surface area contributed by atoms with Crippen molar-refractivity contribution in [3.8, 4) is 5.75 Å². The molecule has 0 unspecified atom stereocenters. The molecule has 20 heavy (non-hydrogen) atoms. The van der Waals surface area contributed by atoms with Crippen LogP contribution >= 0.6 is 0 Å². The van der Waals surface area contributed by atoms with Gasteiger partial charge in [-0.2, -0.15) is 0 Å². The van der Waals surface area contributed by atoms with Crippen LogP contribution in [0.3, 0.4) is 0 Å². The first kappa shape index (κ1) is 14.1. The summed E-state index contributed by atoms with van der Waals surface area (Å²) in [5.41, 5.74) is 3.23. The summed E-state index contributed by atoms with van der Waals surface area (Å²) in [5.74, 6) is 0.834. The fraction of sp³-hybridized carbons (Fsp3) is 0.235. The Hall–Kier alpha value is -2.29. The third kappa shape index (κ3) is 4.12. The molecule has 0 saturated heterocycles. The minimum Gasteiger partial charge on any atom is -0.497 e. The Kier molecular flexibility index (Phi) is 5.18. The molecule has 0 aromatic heterocycles. The van der Waals surface area contributed by atoms with Gasteiger partial charge in [-0.3, -0.25) is 0 Å². The summed E-state index contributed by atoms with van der Waals surface area (Å²) in [7, 11) is 1.65.